The van der Waals surface area contributed by atoms with Crippen LogP contribution in [0, 0.1) is 0 Å². The summed E-state index contributed by atoms with van der Waals surface area (Å²) in [5.74, 6) is 1.28. The van der Waals surface area contributed by atoms with Crippen LogP contribution in [-0.4, -0.2) is 0 Å². The van der Waals surface area contributed by atoms with Gasteiger partial charge in [0, 0.05) is 0 Å². The fourth-order valence-corrected chi connectivity index (χ4v) is 9.12. The Hall–Kier alpha value is -1.88. The second-order valence-corrected chi connectivity index (χ2v) is 12.7. The zero-order valence-electron chi connectivity index (χ0n) is 16.9. The summed E-state index contributed by atoms with van der Waals surface area (Å²) in [5, 5.41) is 1.41. The Bertz CT molecular complexity index is 1060. The molecule has 4 nitrogen and oxygen atoms in total. The van der Waals surface area contributed by atoms with Gasteiger partial charge in [0.1, 0.15) is 0 Å². The van der Waals surface area contributed by atoms with Crippen LogP contribution in [0.5, 0.6) is 23.0 Å². The maximum atomic E-state index is 6.40. The predicted molar refractivity (Wildman–Crippen MR) is 128 cm³/mol. The third-order valence-electron chi connectivity index (χ3n) is 4.29. The zero-order valence-corrected chi connectivity index (χ0v) is 22.4. The van der Waals surface area contributed by atoms with E-state index >= 15 is 0 Å². The minimum absolute atomic E-state index is 0.320. The van der Waals surface area contributed by atoms with Gasteiger partial charge in [-0.1, -0.05) is 0 Å². The van der Waals surface area contributed by atoms with Crippen molar-refractivity contribution in [2.24, 2.45) is 0 Å². The number of rotatable bonds is 8. The first-order valence-electron chi connectivity index (χ1n) is 9.70. The second kappa shape index (κ2) is 11.0. The Labute approximate surface area is 218 Å². The number of hydrogen-bond acceptors (Lipinski definition) is 4. The van der Waals surface area contributed by atoms with Crippen LogP contribution in [0.3, 0.4) is 0 Å². The van der Waals surface area contributed by atoms with E-state index in [2.05, 4.69) is 0 Å². The van der Waals surface area contributed by atoms with Gasteiger partial charge in [0.05, 0.1) is 0 Å². The Kier molecular flexibility index (Phi) is 8.11. The third-order valence-corrected chi connectivity index (χ3v) is 10.2. The predicted octanol–water partition coefficient (Wildman–Crippen LogP) is 8.73. The average molecular weight is 601 g/mol. The van der Waals surface area contributed by atoms with Crippen molar-refractivity contribution in [1.29, 1.82) is 0 Å². The van der Waals surface area contributed by atoms with Gasteiger partial charge in [-0.15, -0.1) is 0 Å². The van der Waals surface area contributed by atoms with E-state index in [-0.39, 0.29) is 0 Å². The van der Waals surface area contributed by atoms with Crippen LogP contribution in [0.25, 0.3) is 0 Å². The van der Waals surface area contributed by atoms with Gasteiger partial charge in [0.15, 0.2) is 0 Å². The summed E-state index contributed by atoms with van der Waals surface area (Å²) in [4.78, 5) is 0. The molecule has 33 heavy (non-hydrogen) atoms. The van der Waals surface area contributed by atoms with Crippen LogP contribution in [0.4, 0.5) is 0 Å². The number of halogens is 4. The Morgan fingerprint density at radius 2 is 0.576 bits per heavy atom. The molecule has 0 aliphatic rings. The summed E-state index contributed by atoms with van der Waals surface area (Å²) in [6.07, 6.45) is 0. The van der Waals surface area contributed by atoms with Crippen molar-refractivity contribution in [3.8, 4) is 23.0 Å². The Morgan fingerprint density at radius 3 is 0.788 bits per heavy atom. The zero-order chi connectivity index (χ0) is 23.3. The van der Waals surface area contributed by atoms with Crippen molar-refractivity contribution in [3.05, 3.63) is 117 Å². The molecular formula is C24H16Cl4O4Zr. The molecule has 9 heteroatoms. The van der Waals surface area contributed by atoms with Crippen molar-refractivity contribution in [2.75, 3.05) is 0 Å². The van der Waals surface area contributed by atoms with Crippen molar-refractivity contribution < 1.29 is 33.3 Å². The van der Waals surface area contributed by atoms with E-state index in [9.17, 15) is 0 Å². The third kappa shape index (κ3) is 6.17. The van der Waals surface area contributed by atoms with Crippen LogP contribution < -0.4 is 11.3 Å². The molecule has 0 N–H and O–H groups in total. The maximum absolute atomic E-state index is 6.40. The molecule has 4 rings (SSSR count). The normalized spacial score (nSPS) is 11.0. The average Bonchev–Trinajstić information content (AvgIpc) is 2.80. The molecule has 0 amide bonds. The molecule has 4 aromatic carbocycles. The van der Waals surface area contributed by atoms with Gasteiger partial charge >= 0.3 is 220 Å². The van der Waals surface area contributed by atoms with Crippen LogP contribution in [0.2, 0.25) is 20.1 Å². The van der Waals surface area contributed by atoms with Crippen molar-refractivity contribution >= 4 is 46.4 Å². The Morgan fingerprint density at radius 1 is 0.364 bits per heavy atom. The van der Waals surface area contributed by atoms with E-state index in [0.717, 1.165) is 0 Å². The molecule has 0 bridgehead atoms. The van der Waals surface area contributed by atoms with E-state index in [4.69, 9.17) is 57.7 Å². The van der Waals surface area contributed by atoms with Crippen molar-refractivity contribution in [3.63, 3.8) is 0 Å². The molecule has 168 valence electrons. The molecule has 0 fully saturated rings. The summed E-state index contributed by atoms with van der Waals surface area (Å²) in [5.41, 5.74) is 0. The van der Waals surface area contributed by atoms with Gasteiger partial charge in [0.2, 0.25) is 0 Å². The van der Waals surface area contributed by atoms with E-state index in [1.165, 1.54) is 0 Å². The topological polar surface area (TPSA) is 36.9 Å². The van der Waals surface area contributed by atoms with E-state index < -0.39 is 22.0 Å². The summed E-state index contributed by atoms with van der Waals surface area (Å²) in [6, 6.07) is 27.8. The summed E-state index contributed by atoms with van der Waals surface area (Å²) in [6.45, 7) is 0. The molecule has 0 aliphatic heterocycles. The number of benzene rings is 4. The standard InChI is InChI=1S/4C6H5ClO.Zr/c4*7-5-3-1-2-4-6(5)8;/h4*1-4,8H;/q;;;;+4/p-4. The fraction of sp³-hybridized carbons (Fsp3) is 0. The molecule has 4 aromatic rings. The van der Waals surface area contributed by atoms with Gasteiger partial charge in [-0.3, -0.25) is 0 Å². The van der Waals surface area contributed by atoms with E-state index in [1.54, 1.807) is 97.1 Å². The minimum atomic E-state index is -5.23. The molecule has 0 heterocycles. The first-order valence-corrected chi connectivity index (χ1v) is 15.2. The summed E-state index contributed by atoms with van der Waals surface area (Å²) >= 11 is 20.4. The molecule has 0 aliphatic carbocycles. The van der Waals surface area contributed by atoms with Crippen LogP contribution in [0.15, 0.2) is 97.1 Å². The second-order valence-electron chi connectivity index (χ2n) is 6.63. The molecule has 0 aromatic heterocycles. The fourth-order valence-electron chi connectivity index (χ4n) is 2.77. The van der Waals surface area contributed by atoms with E-state index in [0.29, 0.717) is 43.1 Å². The molecule has 0 unspecified atom stereocenters. The summed E-state index contributed by atoms with van der Waals surface area (Å²) in [7, 11) is 0. The molecule has 0 radical (unpaired) electrons. The van der Waals surface area contributed by atoms with Crippen LogP contribution in [-0.2, 0) is 22.0 Å². The van der Waals surface area contributed by atoms with E-state index in [1.807, 2.05) is 0 Å². The van der Waals surface area contributed by atoms with Crippen LogP contribution >= 0.6 is 46.4 Å². The van der Waals surface area contributed by atoms with Gasteiger partial charge < -0.3 is 0 Å². The van der Waals surface area contributed by atoms with Gasteiger partial charge in [-0.25, -0.2) is 0 Å². The number of hydrogen-bond donors (Lipinski definition) is 0. The first-order chi connectivity index (χ1) is 16.0. The van der Waals surface area contributed by atoms with Gasteiger partial charge in [-0.05, 0) is 0 Å². The first kappa shape index (κ1) is 24.3. The molecular weight excluding hydrogens is 585 g/mol. The van der Waals surface area contributed by atoms with Crippen molar-refractivity contribution in [2.45, 2.75) is 0 Å². The number of para-hydroxylation sites is 4. The molecule has 0 saturated carbocycles. The molecule has 0 atom stereocenters. The summed E-state index contributed by atoms with van der Waals surface area (Å²) < 4.78 is 25.4. The quantitative estimate of drug-likeness (QED) is 0.203. The van der Waals surface area contributed by atoms with Crippen LogP contribution in [0.1, 0.15) is 0 Å². The SMILES string of the molecule is Clc1ccccc1[O][Zr]([O]c1ccccc1Cl)([O]c1ccccc1Cl)[O]c1ccccc1Cl. The Balaban J connectivity index is 1.86. The molecule has 0 saturated heterocycles. The molecule has 0 spiro atoms. The van der Waals surface area contributed by atoms with Gasteiger partial charge in [0.25, 0.3) is 0 Å². The van der Waals surface area contributed by atoms with Crippen molar-refractivity contribution in [1.82, 2.24) is 0 Å². The monoisotopic (exact) mass is 598 g/mol. The van der Waals surface area contributed by atoms with Gasteiger partial charge in [-0.2, -0.15) is 0 Å².